The van der Waals surface area contributed by atoms with Crippen LogP contribution in [0, 0.1) is 0 Å². The Morgan fingerprint density at radius 1 is 1.00 bits per heavy atom. The van der Waals surface area contributed by atoms with Crippen molar-refractivity contribution >= 4 is 22.6 Å². The van der Waals surface area contributed by atoms with Gasteiger partial charge in [0.1, 0.15) is 11.6 Å². The summed E-state index contributed by atoms with van der Waals surface area (Å²) in [6.45, 7) is 1.54. The predicted molar refractivity (Wildman–Crippen MR) is 85.8 cm³/mol. The molecule has 0 aliphatic carbocycles. The summed E-state index contributed by atoms with van der Waals surface area (Å²) >= 11 is 6.00. The highest BCUT2D eigenvalue weighted by molar-refractivity contribution is 6.16. The number of aromatic nitrogens is 2. The molecule has 1 aromatic heterocycles. The third-order valence-electron chi connectivity index (χ3n) is 3.39. The van der Waals surface area contributed by atoms with Crippen LogP contribution in [0.25, 0.3) is 11.0 Å². The Labute approximate surface area is 129 Å². The number of aryl methyl sites for hydroxylation is 1. The Balaban J connectivity index is 1.65. The fourth-order valence-electron chi connectivity index (χ4n) is 2.41. The van der Waals surface area contributed by atoms with E-state index in [0.717, 1.165) is 35.6 Å². The number of ether oxygens (including phenoxy) is 1. The third-order valence-corrected chi connectivity index (χ3v) is 3.63. The smallest absolute Gasteiger partial charge is 0.124 e. The lowest BCUT2D eigenvalue weighted by molar-refractivity contribution is 0.302. The summed E-state index contributed by atoms with van der Waals surface area (Å²) in [7, 11) is 0. The number of imidazole rings is 1. The van der Waals surface area contributed by atoms with Gasteiger partial charge < -0.3 is 9.30 Å². The highest BCUT2D eigenvalue weighted by atomic mass is 35.5. The molecule has 0 bridgehead atoms. The lowest BCUT2D eigenvalue weighted by Gasteiger charge is -2.09. The third kappa shape index (κ3) is 3.19. The Hall–Kier alpha value is -2.00. The number of para-hydroxylation sites is 3. The molecule has 0 saturated heterocycles. The summed E-state index contributed by atoms with van der Waals surface area (Å²) in [5.74, 6) is 2.25. The number of alkyl halides is 1. The van der Waals surface area contributed by atoms with Crippen LogP contribution in [0.2, 0.25) is 0 Å². The fraction of sp³-hybridized carbons (Fsp3) is 0.235. The Morgan fingerprint density at radius 3 is 2.57 bits per heavy atom. The second-order valence-corrected chi connectivity index (χ2v) is 5.08. The van der Waals surface area contributed by atoms with Gasteiger partial charge in [-0.15, -0.1) is 11.6 Å². The summed E-state index contributed by atoms with van der Waals surface area (Å²) in [4.78, 5) is 4.56. The van der Waals surface area contributed by atoms with Crippen LogP contribution in [-0.2, 0) is 12.4 Å². The van der Waals surface area contributed by atoms with Crippen molar-refractivity contribution in [3.05, 3.63) is 60.4 Å². The van der Waals surface area contributed by atoms with Gasteiger partial charge in [-0.1, -0.05) is 30.3 Å². The van der Waals surface area contributed by atoms with Crippen molar-refractivity contribution < 1.29 is 4.74 Å². The minimum Gasteiger partial charge on any atom is -0.494 e. The molecule has 21 heavy (non-hydrogen) atoms. The molecule has 3 aromatic rings. The van der Waals surface area contributed by atoms with Gasteiger partial charge in [0.15, 0.2) is 0 Å². The van der Waals surface area contributed by atoms with Crippen molar-refractivity contribution in [1.29, 1.82) is 0 Å². The zero-order chi connectivity index (χ0) is 14.5. The fourth-order valence-corrected chi connectivity index (χ4v) is 2.61. The standard InChI is InChI=1S/C17H17ClN2O/c18-13-17-19-15-9-4-5-10-16(15)20(17)11-6-12-21-14-7-2-1-3-8-14/h1-5,7-10H,6,11-13H2. The van der Waals surface area contributed by atoms with Crippen LogP contribution >= 0.6 is 11.6 Å². The Bertz CT molecular complexity index is 709. The first-order chi connectivity index (χ1) is 10.4. The maximum absolute atomic E-state index is 6.00. The second-order valence-electron chi connectivity index (χ2n) is 4.82. The van der Waals surface area contributed by atoms with E-state index >= 15 is 0 Å². The van der Waals surface area contributed by atoms with E-state index in [0.29, 0.717) is 12.5 Å². The SMILES string of the molecule is ClCc1nc2ccccc2n1CCCOc1ccccc1. The van der Waals surface area contributed by atoms with Crippen molar-refractivity contribution in [2.24, 2.45) is 0 Å². The van der Waals surface area contributed by atoms with Crippen LogP contribution in [0.5, 0.6) is 5.75 Å². The normalized spacial score (nSPS) is 10.9. The summed E-state index contributed by atoms with van der Waals surface area (Å²) < 4.78 is 7.90. The lowest BCUT2D eigenvalue weighted by atomic mass is 10.3. The highest BCUT2D eigenvalue weighted by Gasteiger charge is 2.08. The molecule has 4 heteroatoms. The lowest BCUT2D eigenvalue weighted by Crippen LogP contribution is -2.07. The number of fused-ring (bicyclic) bond motifs is 1. The average molecular weight is 301 g/mol. The first-order valence-corrected chi connectivity index (χ1v) is 7.60. The number of rotatable bonds is 6. The molecule has 1 heterocycles. The van der Waals surface area contributed by atoms with E-state index in [4.69, 9.17) is 16.3 Å². The number of hydrogen-bond acceptors (Lipinski definition) is 2. The van der Waals surface area contributed by atoms with Crippen molar-refractivity contribution in [3.8, 4) is 5.75 Å². The molecular formula is C17H17ClN2O. The van der Waals surface area contributed by atoms with Crippen molar-refractivity contribution in [3.63, 3.8) is 0 Å². The number of hydrogen-bond donors (Lipinski definition) is 0. The highest BCUT2D eigenvalue weighted by Crippen LogP contribution is 2.18. The molecule has 0 saturated carbocycles. The van der Waals surface area contributed by atoms with Crippen LogP contribution in [0.4, 0.5) is 0 Å². The molecule has 0 amide bonds. The molecule has 2 aromatic carbocycles. The van der Waals surface area contributed by atoms with Crippen molar-refractivity contribution in [2.45, 2.75) is 18.8 Å². The molecule has 0 spiro atoms. The monoisotopic (exact) mass is 300 g/mol. The van der Waals surface area contributed by atoms with E-state index in [1.807, 2.05) is 48.5 Å². The largest absolute Gasteiger partial charge is 0.494 e. The van der Waals surface area contributed by atoms with E-state index in [-0.39, 0.29) is 0 Å². The molecule has 3 rings (SSSR count). The van der Waals surface area contributed by atoms with E-state index < -0.39 is 0 Å². The van der Waals surface area contributed by atoms with Crippen molar-refractivity contribution in [1.82, 2.24) is 9.55 Å². The summed E-state index contributed by atoms with van der Waals surface area (Å²) in [6.07, 6.45) is 0.916. The molecule has 3 nitrogen and oxygen atoms in total. The zero-order valence-electron chi connectivity index (χ0n) is 11.7. The molecule has 0 radical (unpaired) electrons. The van der Waals surface area contributed by atoms with Gasteiger partial charge in [0, 0.05) is 6.54 Å². The van der Waals surface area contributed by atoms with E-state index in [9.17, 15) is 0 Å². The van der Waals surface area contributed by atoms with Crippen LogP contribution < -0.4 is 4.74 Å². The summed E-state index contributed by atoms with van der Waals surface area (Å²) in [5, 5.41) is 0. The number of benzene rings is 2. The van der Waals surface area contributed by atoms with Crippen LogP contribution in [-0.4, -0.2) is 16.2 Å². The maximum atomic E-state index is 6.00. The molecular weight excluding hydrogens is 284 g/mol. The van der Waals surface area contributed by atoms with Gasteiger partial charge in [0.2, 0.25) is 0 Å². The van der Waals surface area contributed by atoms with E-state index in [2.05, 4.69) is 15.6 Å². The average Bonchev–Trinajstić information content (AvgIpc) is 2.90. The van der Waals surface area contributed by atoms with E-state index in [1.54, 1.807) is 0 Å². The van der Waals surface area contributed by atoms with E-state index in [1.165, 1.54) is 0 Å². The molecule has 0 atom stereocenters. The van der Waals surface area contributed by atoms with Gasteiger partial charge in [-0.3, -0.25) is 0 Å². The predicted octanol–water partition coefficient (Wildman–Crippen LogP) is 4.24. The van der Waals surface area contributed by atoms with Crippen LogP contribution in [0.15, 0.2) is 54.6 Å². The molecule has 0 fully saturated rings. The second kappa shape index (κ2) is 6.64. The quantitative estimate of drug-likeness (QED) is 0.503. The molecule has 108 valence electrons. The van der Waals surface area contributed by atoms with Crippen LogP contribution in [0.3, 0.4) is 0 Å². The maximum Gasteiger partial charge on any atom is 0.124 e. The summed E-state index contributed by atoms with van der Waals surface area (Å²) in [5.41, 5.74) is 2.13. The topological polar surface area (TPSA) is 27.1 Å². The van der Waals surface area contributed by atoms with Gasteiger partial charge in [-0.2, -0.15) is 0 Å². The molecule has 0 N–H and O–H groups in total. The Kier molecular flexibility index (Phi) is 4.41. The zero-order valence-corrected chi connectivity index (χ0v) is 12.5. The van der Waals surface area contributed by atoms with Crippen molar-refractivity contribution in [2.75, 3.05) is 6.61 Å². The van der Waals surface area contributed by atoms with Gasteiger partial charge in [0.05, 0.1) is 23.5 Å². The van der Waals surface area contributed by atoms with Gasteiger partial charge >= 0.3 is 0 Å². The molecule has 0 aliphatic heterocycles. The minimum absolute atomic E-state index is 0.425. The molecule has 0 aliphatic rings. The number of halogens is 1. The van der Waals surface area contributed by atoms with Crippen LogP contribution in [0.1, 0.15) is 12.2 Å². The molecule has 0 unspecified atom stereocenters. The first kappa shape index (κ1) is 14.0. The van der Waals surface area contributed by atoms with Gasteiger partial charge in [-0.25, -0.2) is 4.98 Å². The number of nitrogens with zero attached hydrogens (tertiary/aromatic N) is 2. The summed E-state index contributed by atoms with van der Waals surface area (Å²) in [6, 6.07) is 18.0. The Morgan fingerprint density at radius 2 is 1.76 bits per heavy atom. The first-order valence-electron chi connectivity index (χ1n) is 7.06. The van der Waals surface area contributed by atoms with Gasteiger partial charge in [0.25, 0.3) is 0 Å². The minimum atomic E-state index is 0.425. The van der Waals surface area contributed by atoms with Gasteiger partial charge in [-0.05, 0) is 30.7 Å².